The summed E-state index contributed by atoms with van der Waals surface area (Å²) in [4.78, 5) is 14.1. The molecule has 1 aliphatic rings. The molecule has 0 radical (unpaired) electrons. The number of nitrogens with zero attached hydrogens (tertiary/aromatic N) is 3. The van der Waals surface area contributed by atoms with Crippen LogP contribution in [0.25, 0.3) is 0 Å². The van der Waals surface area contributed by atoms with Gasteiger partial charge in [-0.2, -0.15) is 5.10 Å². The van der Waals surface area contributed by atoms with Gasteiger partial charge in [0, 0.05) is 25.3 Å². The molecule has 130 valence electrons. The minimum absolute atomic E-state index is 0.0230. The molecular weight excluding hydrogens is 288 g/mol. The molecule has 5 nitrogen and oxygen atoms in total. The summed E-state index contributed by atoms with van der Waals surface area (Å²) in [6, 6.07) is 2.15. The molecule has 0 aliphatic heterocycles. The predicted octanol–water partition coefficient (Wildman–Crippen LogP) is 3.50. The van der Waals surface area contributed by atoms with Gasteiger partial charge in [0.05, 0.1) is 12.2 Å². The van der Waals surface area contributed by atoms with Crippen molar-refractivity contribution in [1.82, 2.24) is 20.0 Å². The number of hydrogen-bond acceptors (Lipinski definition) is 2. The topological polar surface area (TPSA) is 50.2 Å². The zero-order valence-corrected chi connectivity index (χ0v) is 15.1. The first-order valence-corrected chi connectivity index (χ1v) is 8.98. The van der Waals surface area contributed by atoms with E-state index >= 15 is 0 Å². The monoisotopic (exact) mass is 320 g/mol. The molecular formula is C18H32N4O. The van der Waals surface area contributed by atoms with Gasteiger partial charge in [-0.15, -0.1) is 0 Å². The zero-order chi connectivity index (χ0) is 16.8. The number of carbonyl (C=O) groups excluding carboxylic acids is 1. The highest BCUT2D eigenvalue weighted by molar-refractivity contribution is 5.74. The summed E-state index contributed by atoms with van der Waals surface area (Å²) in [6.45, 7) is 7.63. The third-order valence-corrected chi connectivity index (χ3v) is 4.86. The van der Waals surface area contributed by atoms with Crippen LogP contribution >= 0.6 is 0 Å². The molecule has 1 aromatic heterocycles. The lowest BCUT2D eigenvalue weighted by Gasteiger charge is -2.26. The van der Waals surface area contributed by atoms with Crippen LogP contribution in [0.2, 0.25) is 0 Å². The molecule has 1 unspecified atom stereocenters. The van der Waals surface area contributed by atoms with Crippen molar-refractivity contribution >= 4 is 6.03 Å². The number of aryl methyl sites for hydroxylation is 2. The molecule has 5 heteroatoms. The van der Waals surface area contributed by atoms with Gasteiger partial charge >= 0.3 is 6.03 Å². The molecule has 1 aromatic rings. The van der Waals surface area contributed by atoms with Crippen molar-refractivity contribution in [3.63, 3.8) is 0 Å². The Morgan fingerprint density at radius 1 is 1.39 bits per heavy atom. The number of aromatic nitrogens is 2. The maximum atomic E-state index is 12.3. The van der Waals surface area contributed by atoms with Crippen LogP contribution in [0.15, 0.2) is 6.07 Å². The van der Waals surface area contributed by atoms with Crippen LogP contribution < -0.4 is 5.32 Å². The van der Waals surface area contributed by atoms with Gasteiger partial charge in [0.1, 0.15) is 0 Å². The quantitative estimate of drug-likeness (QED) is 0.872. The van der Waals surface area contributed by atoms with E-state index in [0.717, 1.165) is 30.3 Å². The molecule has 0 saturated heterocycles. The van der Waals surface area contributed by atoms with Gasteiger partial charge in [-0.1, -0.05) is 32.1 Å². The summed E-state index contributed by atoms with van der Waals surface area (Å²) in [5.41, 5.74) is 2.15. The van der Waals surface area contributed by atoms with Crippen molar-refractivity contribution in [2.75, 3.05) is 13.6 Å². The van der Waals surface area contributed by atoms with E-state index in [1.165, 1.54) is 32.1 Å². The van der Waals surface area contributed by atoms with E-state index in [-0.39, 0.29) is 12.1 Å². The fraction of sp³-hybridized carbons (Fsp3) is 0.778. The van der Waals surface area contributed by atoms with Gasteiger partial charge in [-0.05, 0) is 39.2 Å². The Labute approximate surface area is 140 Å². The third-order valence-electron chi connectivity index (χ3n) is 4.86. The standard InChI is InChI=1S/C18H32N4O/c1-14-12-16(3)22(20-14)13-15(2)19-18(23)21(4)11-10-17-8-6-5-7-9-17/h12,15,17H,5-11,13H2,1-4H3,(H,19,23). The maximum absolute atomic E-state index is 12.3. The van der Waals surface area contributed by atoms with Crippen molar-refractivity contribution in [3.05, 3.63) is 17.5 Å². The van der Waals surface area contributed by atoms with Crippen LogP contribution in [0.4, 0.5) is 4.79 Å². The zero-order valence-electron chi connectivity index (χ0n) is 15.1. The number of amides is 2. The highest BCUT2D eigenvalue weighted by Crippen LogP contribution is 2.26. The van der Waals surface area contributed by atoms with E-state index in [9.17, 15) is 4.79 Å². The minimum atomic E-state index is 0.0230. The van der Waals surface area contributed by atoms with E-state index in [2.05, 4.69) is 16.5 Å². The van der Waals surface area contributed by atoms with Crippen LogP contribution in [0.1, 0.15) is 56.8 Å². The fourth-order valence-electron chi connectivity index (χ4n) is 3.44. The molecule has 1 fully saturated rings. The predicted molar refractivity (Wildman–Crippen MR) is 93.5 cm³/mol. The molecule has 0 bridgehead atoms. The Balaban J connectivity index is 1.72. The van der Waals surface area contributed by atoms with Crippen LogP contribution in [0.5, 0.6) is 0 Å². The lowest BCUT2D eigenvalue weighted by Crippen LogP contribution is -2.44. The summed E-state index contributed by atoms with van der Waals surface area (Å²) in [7, 11) is 1.90. The first kappa shape index (κ1) is 17.8. The summed E-state index contributed by atoms with van der Waals surface area (Å²) >= 11 is 0. The Kier molecular flexibility index (Phi) is 6.48. The SMILES string of the molecule is Cc1cc(C)n(CC(C)NC(=O)N(C)CCC2CCCCC2)n1. The van der Waals surface area contributed by atoms with Crippen LogP contribution in [-0.4, -0.2) is 40.3 Å². The van der Waals surface area contributed by atoms with Crippen molar-refractivity contribution in [2.45, 2.75) is 71.9 Å². The second-order valence-corrected chi connectivity index (χ2v) is 7.17. The number of hydrogen-bond donors (Lipinski definition) is 1. The Morgan fingerprint density at radius 2 is 2.09 bits per heavy atom. The van der Waals surface area contributed by atoms with Crippen molar-refractivity contribution in [2.24, 2.45) is 5.92 Å². The molecule has 0 aromatic carbocycles. The van der Waals surface area contributed by atoms with E-state index in [1.807, 2.05) is 37.4 Å². The molecule has 2 rings (SSSR count). The van der Waals surface area contributed by atoms with Gasteiger partial charge in [0.15, 0.2) is 0 Å². The normalized spacial score (nSPS) is 17.0. The summed E-state index contributed by atoms with van der Waals surface area (Å²) in [5.74, 6) is 0.811. The number of rotatable bonds is 6. The van der Waals surface area contributed by atoms with Crippen LogP contribution in [0.3, 0.4) is 0 Å². The molecule has 1 N–H and O–H groups in total. The highest BCUT2D eigenvalue weighted by Gasteiger charge is 2.17. The lowest BCUT2D eigenvalue weighted by atomic mass is 9.87. The second kappa shape index (κ2) is 8.37. The maximum Gasteiger partial charge on any atom is 0.317 e. The molecule has 23 heavy (non-hydrogen) atoms. The largest absolute Gasteiger partial charge is 0.334 e. The molecule has 1 heterocycles. The minimum Gasteiger partial charge on any atom is -0.334 e. The summed E-state index contributed by atoms with van der Waals surface area (Å²) in [5, 5.41) is 7.53. The fourth-order valence-corrected chi connectivity index (χ4v) is 3.44. The Bertz CT molecular complexity index is 505. The lowest BCUT2D eigenvalue weighted by molar-refractivity contribution is 0.197. The first-order valence-electron chi connectivity index (χ1n) is 8.98. The molecule has 2 amide bonds. The van der Waals surface area contributed by atoms with Gasteiger partial charge in [-0.25, -0.2) is 4.79 Å². The average Bonchev–Trinajstić information content (AvgIpc) is 2.83. The third kappa shape index (κ3) is 5.56. The van der Waals surface area contributed by atoms with Gasteiger partial charge in [-0.3, -0.25) is 4.68 Å². The first-order chi connectivity index (χ1) is 11.0. The van der Waals surface area contributed by atoms with E-state index in [4.69, 9.17) is 0 Å². The average molecular weight is 320 g/mol. The van der Waals surface area contributed by atoms with E-state index in [0.29, 0.717) is 6.54 Å². The van der Waals surface area contributed by atoms with Gasteiger partial charge in [0.25, 0.3) is 0 Å². The molecule has 1 saturated carbocycles. The van der Waals surface area contributed by atoms with Crippen molar-refractivity contribution < 1.29 is 4.79 Å². The van der Waals surface area contributed by atoms with Crippen molar-refractivity contribution in [1.29, 1.82) is 0 Å². The van der Waals surface area contributed by atoms with Crippen LogP contribution in [-0.2, 0) is 6.54 Å². The van der Waals surface area contributed by atoms with Gasteiger partial charge < -0.3 is 10.2 Å². The highest BCUT2D eigenvalue weighted by atomic mass is 16.2. The molecule has 0 spiro atoms. The van der Waals surface area contributed by atoms with Crippen LogP contribution in [0, 0.1) is 19.8 Å². The smallest absolute Gasteiger partial charge is 0.317 e. The van der Waals surface area contributed by atoms with Gasteiger partial charge in [0.2, 0.25) is 0 Å². The van der Waals surface area contributed by atoms with E-state index in [1.54, 1.807) is 0 Å². The Hall–Kier alpha value is -1.52. The second-order valence-electron chi connectivity index (χ2n) is 7.17. The van der Waals surface area contributed by atoms with E-state index < -0.39 is 0 Å². The Morgan fingerprint density at radius 3 is 2.70 bits per heavy atom. The summed E-state index contributed by atoms with van der Waals surface area (Å²) < 4.78 is 1.96. The molecule has 1 atom stereocenters. The number of carbonyl (C=O) groups is 1. The molecule has 1 aliphatic carbocycles. The number of nitrogens with one attached hydrogen (secondary N) is 1. The van der Waals surface area contributed by atoms with Crippen molar-refractivity contribution in [3.8, 4) is 0 Å². The number of urea groups is 1. The summed E-state index contributed by atoms with van der Waals surface area (Å²) in [6.07, 6.45) is 7.92.